The molecule has 1 unspecified atom stereocenters. The predicted molar refractivity (Wildman–Crippen MR) is 84.7 cm³/mol. The Balaban J connectivity index is 1.63. The van der Waals surface area contributed by atoms with Crippen molar-refractivity contribution < 1.29 is 0 Å². The summed E-state index contributed by atoms with van der Waals surface area (Å²) in [7, 11) is 0. The van der Waals surface area contributed by atoms with Gasteiger partial charge in [0.1, 0.15) is 0 Å². The molecule has 21 heavy (non-hydrogen) atoms. The molecule has 4 rings (SSSR count). The topological polar surface area (TPSA) is 25.0 Å². The van der Waals surface area contributed by atoms with Crippen LogP contribution in [0.5, 0.6) is 0 Å². The standard InChI is InChI=1S/C16H31N5/c1-2-12-20(13-3-1)21-14-7-17-15-16(21,19-10-6-11-19)18-8-4-5-9-18/h17H,1-15H2. The van der Waals surface area contributed by atoms with Gasteiger partial charge in [-0.1, -0.05) is 6.42 Å². The van der Waals surface area contributed by atoms with E-state index in [4.69, 9.17) is 0 Å². The van der Waals surface area contributed by atoms with Crippen LogP contribution in [-0.4, -0.2) is 84.5 Å². The number of hydrogen-bond acceptors (Lipinski definition) is 5. The lowest BCUT2D eigenvalue weighted by Crippen LogP contribution is -2.81. The highest BCUT2D eigenvalue weighted by Gasteiger charge is 2.52. The van der Waals surface area contributed by atoms with Crippen LogP contribution in [0.15, 0.2) is 0 Å². The molecule has 4 aliphatic rings. The van der Waals surface area contributed by atoms with Crippen LogP contribution in [0.25, 0.3) is 0 Å². The van der Waals surface area contributed by atoms with Crippen LogP contribution < -0.4 is 5.32 Å². The third kappa shape index (κ3) is 2.43. The lowest BCUT2D eigenvalue weighted by Gasteiger charge is -2.62. The highest BCUT2D eigenvalue weighted by atomic mass is 15.8. The van der Waals surface area contributed by atoms with Crippen LogP contribution in [0.3, 0.4) is 0 Å². The van der Waals surface area contributed by atoms with Gasteiger partial charge in [-0.15, -0.1) is 0 Å². The maximum Gasteiger partial charge on any atom is 0.156 e. The molecule has 4 aliphatic heterocycles. The summed E-state index contributed by atoms with van der Waals surface area (Å²) >= 11 is 0. The fourth-order valence-electron chi connectivity index (χ4n) is 4.70. The van der Waals surface area contributed by atoms with Gasteiger partial charge in [0.15, 0.2) is 5.79 Å². The summed E-state index contributed by atoms with van der Waals surface area (Å²) in [5, 5.41) is 9.19. The first-order valence-electron chi connectivity index (χ1n) is 9.15. The van der Waals surface area contributed by atoms with Crippen molar-refractivity contribution in [2.45, 2.75) is 44.3 Å². The molecule has 5 nitrogen and oxygen atoms in total. The summed E-state index contributed by atoms with van der Waals surface area (Å²) in [6, 6.07) is 0. The molecule has 1 atom stereocenters. The molecule has 4 heterocycles. The largest absolute Gasteiger partial charge is 0.311 e. The van der Waals surface area contributed by atoms with E-state index in [1.165, 1.54) is 84.3 Å². The zero-order chi connectivity index (χ0) is 14.1. The van der Waals surface area contributed by atoms with E-state index >= 15 is 0 Å². The number of hydrogen-bond donors (Lipinski definition) is 1. The molecular weight excluding hydrogens is 262 g/mol. The van der Waals surface area contributed by atoms with Crippen LogP contribution in [-0.2, 0) is 0 Å². The summed E-state index contributed by atoms with van der Waals surface area (Å²) in [6.07, 6.45) is 8.30. The van der Waals surface area contributed by atoms with Crippen molar-refractivity contribution in [3.05, 3.63) is 0 Å². The van der Waals surface area contributed by atoms with E-state index in [-0.39, 0.29) is 5.79 Å². The molecule has 1 N–H and O–H groups in total. The Morgan fingerprint density at radius 2 is 1.24 bits per heavy atom. The zero-order valence-corrected chi connectivity index (χ0v) is 13.4. The molecule has 5 heteroatoms. The summed E-state index contributed by atoms with van der Waals surface area (Å²) < 4.78 is 0. The summed E-state index contributed by atoms with van der Waals surface area (Å²) in [5.74, 6) is 0.143. The molecule has 0 radical (unpaired) electrons. The fourth-order valence-corrected chi connectivity index (χ4v) is 4.70. The van der Waals surface area contributed by atoms with E-state index in [0.29, 0.717) is 0 Å². The molecule has 0 aromatic carbocycles. The molecular formula is C16H31N5. The average Bonchev–Trinajstić information content (AvgIpc) is 3.01. The first kappa shape index (κ1) is 14.4. The number of likely N-dealkylation sites (tertiary alicyclic amines) is 2. The van der Waals surface area contributed by atoms with Crippen LogP contribution in [0.2, 0.25) is 0 Å². The molecule has 4 fully saturated rings. The third-order valence-corrected chi connectivity index (χ3v) is 5.92. The highest BCUT2D eigenvalue weighted by Crippen LogP contribution is 2.35. The van der Waals surface area contributed by atoms with Crippen molar-refractivity contribution in [2.75, 3.05) is 58.9 Å². The number of piperidine rings is 1. The number of piperazine rings is 1. The lowest BCUT2D eigenvalue weighted by atomic mass is 10.1. The minimum absolute atomic E-state index is 0.143. The van der Waals surface area contributed by atoms with Crippen molar-refractivity contribution in [2.24, 2.45) is 0 Å². The van der Waals surface area contributed by atoms with E-state index in [9.17, 15) is 0 Å². The summed E-state index contributed by atoms with van der Waals surface area (Å²) in [6.45, 7) is 11.1. The van der Waals surface area contributed by atoms with E-state index in [0.717, 1.165) is 13.1 Å². The van der Waals surface area contributed by atoms with Gasteiger partial charge < -0.3 is 5.32 Å². The Hall–Kier alpha value is -0.200. The maximum absolute atomic E-state index is 3.72. The normalized spacial score (nSPS) is 37.7. The van der Waals surface area contributed by atoms with Crippen molar-refractivity contribution in [3.63, 3.8) is 0 Å². The molecule has 120 valence electrons. The Morgan fingerprint density at radius 3 is 1.86 bits per heavy atom. The third-order valence-electron chi connectivity index (χ3n) is 5.92. The SMILES string of the molecule is C1CCN(N2CCNCC2(N2CCCC2)N2CCC2)CC1. The van der Waals surface area contributed by atoms with E-state index < -0.39 is 0 Å². The zero-order valence-electron chi connectivity index (χ0n) is 13.4. The highest BCUT2D eigenvalue weighted by molar-refractivity contribution is 4.99. The second kappa shape index (κ2) is 6.13. The quantitative estimate of drug-likeness (QED) is 0.828. The van der Waals surface area contributed by atoms with Crippen molar-refractivity contribution in [1.82, 2.24) is 25.1 Å². The molecule has 0 amide bonds. The fraction of sp³-hybridized carbons (Fsp3) is 1.00. The monoisotopic (exact) mass is 293 g/mol. The number of nitrogens with zero attached hydrogens (tertiary/aromatic N) is 4. The summed E-state index contributed by atoms with van der Waals surface area (Å²) in [5.41, 5.74) is 0. The second-order valence-corrected chi connectivity index (χ2v) is 7.12. The number of hydrazine groups is 1. The van der Waals surface area contributed by atoms with Crippen LogP contribution >= 0.6 is 0 Å². The molecule has 0 aromatic heterocycles. The summed E-state index contributed by atoms with van der Waals surface area (Å²) in [4.78, 5) is 5.53. The number of nitrogens with one attached hydrogen (secondary N) is 1. The lowest BCUT2D eigenvalue weighted by molar-refractivity contribution is -0.268. The average molecular weight is 293 g/mol. The van der Waals surface area contributed by atoms with Crippen LogP contribution in [0.1, 0.15) is 38.5 Å². The minimum atomic E-state index is 0.143. The molecule has 0 bridgehead atoms. The van der Waals surface area contributed by atoms with Crippen LogP contribution in [0.4, 0.5) is 0 Å². The van der Waals surface area contributed by atoms with Gasteiger partial charge in [0.2, 0.25) is 0 Å². The first-order chi connectivity index (χ1) is 10.4. The van der Waals surface area contributed by atoms with Gasteiger partial charge in [0, 0.05) is 58.9 Å². The van der Waals surface area contributed by atoms with Crippen LogP contribution in [0, 0.1) is 0 Å². The Labute approximate surface area is 129 Å². The molecule has 4 saturated heterocycles. The van der Waals surface area contributed by atoms with Gasteiger partial charge >= 0.3 is 0 Å². The van der Waals surface area contributed by atoms with E-state index in [2.05, 4.69) is 25.1 Å². The number of rotatable bonds is 3. The van der Waals surface area contributed by atoms with Crippen molar-refractivity contribution >= 4 is 0 Å². The Kier molecular flexibility index (Phi) is 4.20. The van der Waals surface area contributed by atoms with Crippen molar-refractivity contribution in [3.8, 4) is 0 Å². The van der Waals surface area contributed by atoms with Gasteiger partial charge in [-0.25, -0.2) is 10.0 Å². The smallest absolute Gasteiger partial charge is 0.156 e. The first-order valence-corrected chi connectivity index (χ1v) is 9.15. The molecule has 0 aliphatic carbocycles. The predicted octanol–water partition coefficient (Wildman–Crippen LogP) is 0.748. The van der Waals surface area contributed by atoms with Gasteiger partial charge in [0.05, 0.1) is 0 Å². The van der Waals surface area contributed by atoms with Gasteiger partial charge in [-0.2, -0.15) is 0 Å². The molecule has 0 spiro atoms. The van der Waals surface area contributed by atoms with Gasteiger partial charge in [-0.05, 0) is 32.1 Å². The van der Waals surface area contributed by atoms with E-state index in [1.807, 2.05) is 0 Å². The second-order valence-electron chi connectivity index (χ2n) is 7.12. The Morgan fingerprint density at radius 1 is 0.619 bits per heavy atom. The van der Waals surface area contributed by atoms with Gasteiger partial charge in [-0.3, -0.25) is 9.80 Å². The maximum atomic E-state index is 3.72. The molecule has 0 saturated carbocycles. The van der Waals surface area contributed by atoms with Gasteiger partial charge in [0.25, 0.3) is 0 Å². The van der Waals surface area contributed by atoms with Crippen molar-refractivity contribution in [1.29, 1.82) is 0 Å². The minimum Gasteiger partial charge on any atom is -0.311 e. The molecule has 0 aromatic rings. The van der Waals surface area contributed by atoms with E-state index in [1.54, 1.807) is 0 Å². The Bertz CT molecular complexity index is 347.